The van der Waals surface area contributed by atoms with Crippen molar-refractivity contribution in [2.45, 2.75) is 6.18 Å². The molecule has 0 fully saturated rings. The number of rotatable bonds is 2. The van der Waals surface area contributed by atoms with Crippen molar-refractivity contribution in [2.24, 2.45) is 7.05 Å². The number of carbonyl (C=O) groups is 1. The minimum Gasteiger partial charge on any atom is -0.350 e. The zero-order chi connectivity index (χ0) is 19.1. The molecule has 1 heterocycles. The summed E-state index contributed by atoms with van der Waals surface area (Å²) in [6.07, 6.45) is -3.19. The Bertz CT molecular complexity index is 1050. The summed E-state index contributed by atoms with van der Waals surface area (Å²) in [6, 6.07) is 7.48. The molecule has 0 atom stereocenters. The van der Waals surface area contributed by atoms with E-state index in [2.05, 4.69) is 5.32 Å². The molecule has 0 aliphatic carbocycles. The van der Waals surface area contributed by atoms with Gasteiger partial charge in [0.1, 0.15) is 11.4 Å². The van der Waals surface area contributed by atoms with E-state index in [1.165, 1.54) is 22.9 Å². The van der Waals surface area contributed by atoms with Gasteiger partial charge in [-0.05, 0) is 42.5 Å². The van der Waals surface area contributed by atoms with Gasteiger partial charge in [0.2, 0.25) is 5.43 Å². The van der Waals surface area contributed by atoms with Crippen LogP contribution in [0, 0.1) is 5.82 Å². The van der Waals surface area contributed by atoms with Gasteiger partial charge in [0, 0.05) is 24.3 Å². The van der Waals surface area contributed by atoms with Crippen molar-refractivity contribution in [3.8, 4) is 0 Å². The number of aryl methyl sites for hydroxylation is 1. The molecule has 0 aliphatic rings. The van der Waals surface area contributed by atoms with Crippen LogP contribution in [0.5, 0.6) is 0 Å². The summed E-state index contributed by atoms with van der Waals surface area (Å²) in [5.41, 5.74) is -1.22. The molecule has 3 aromatic rings. The average molecular weight is 364 g/mol. The number of aromatic nitrogens is 1. The number of carbonyl (C=O) groups excluding carboxylic acids is 1. The minimum atomic E-state index is -4.49. The Labute approximate surface area is 144 Å². The number of benzene rings is 2. The predicted molar refractivity (Wildman–Crippen MR) is 88.5 cm³/mol. The Morgan fingerprint density at radius 1 is 1.08 bits per heavy atom. The molecule has 8 heteroatoms. The third-order valence-corrected chi connectivity index (χ3v) is 3.87. The lowest BCUT2D eigenvalue weighted by Gasteiger charge is -2.11. The molecule has 0 radical (unpaired) electrons. The first-order valence-electron chi connectivity index (χ1n) is 7.44. The van der Waals surface area contributed by atoms with E-state index in [4.69, 9.17) is 0 Å². The molecule has 0 saturated carbocycles. The van der Waals surface area contributed by atoms with Crippen molar-refractivity contribution in [1.29, 1.82) is 0 Å². The van der Waals surface area contributed by atoms with Gasteiger partial charge in [-0.1, -0.05) is 0 Å². The van der Waals surface area contributed by atoms with E-state index in [0.717, 1.165) is 30.3 Å². The van der Waals surface area contributed by atoms with Crippen LogP contribution in [0.25, 0.3) is 10.9 Å². The van der Waals surface area contributed by atoms with Crippen molar-refractivity contribution in [3.63, 3.8) is 0 Å². The van der Waals surface area contributed by atoms with Gasteiger partial charge < -0.3 is 9.88 Å². The highest BCUT2D eigenvalue weighted by Gasteiger charge is 2.30. The van der Waals surface area contributed by atoms with Crippen molar-refractivity contribution in [3.05, 3.63) is 75.8 Å². The van der Waals surface area contributed by atoms with E-state index in [0.29, 0.717) is 5.52 Å². The smallest absolute Gasteiger partial charge is 0.350 e. The Balaban J connectivity index is 1.95. The lowest BCUT2D eigenvalue weighted by Crippen LogP contribution is -2.23. The highest BCUT2D eigenvalue weighted by Crippen LogP contribution is 2.29. The first kappa shape index (κ1) is 17.7. The SMILES string of the molecule is Cn1cc(C(=O)Nc2ccc(C(F)(F)F)cc2)c(=O)c2cc(F)ccc21. The lowest BCUT2D eigenvalue weighted by atomic mass is 10.1. The van der Waals surface area contributed by atoms with Crippen LogP contribution in [0.1, 0.15) is 15.9 Å². The number of anilines is 1. The molecule has 134 valence electrons. The van der Waals surface area contributed by atoms with E-state index in [9.17, 15) is 27.2 Å². The summed E-state index contributed by atoms with van der Waals surface area (Å²) in [4.78, 5) is 24.8. The Hall–Kier alpha value is -3.16. The van der Waals surface area contributed by atoms with Crippen LogP contribution in [0.15, 0.2) is 53.5 Å². The average Bonchev–Trinajstić information content (AvgIpc) is 2.57. The second kappa shape index (κ2) is 6.29. The molecule has 4 nitrogen and oxygen atoms in total. The number of hydrogen-bond acceptors (Lipinski definition) is 2. The van der Waals surface area contributed by atoms with Crippen molar-refractivity contribution >= 4 is 22.5 Å². The van der Waals surface area contributed by atoms with E-state index in [-0.39, 0.29) is 16.6 Å². The molecule has 0 spiro atoms. The summed E-state index contributed by atoms with van der Waals surface area (Å²) in [7, 11) is 1.59. The summed E-state index contributed by atoms with van der Waals surface area (Å²) >= 11 is 0. The number of alkyl halides is 3. The van der Waals surface area contributed by atoms with Gasteiger partial charge in [-0.3, -0.25) is 9.59 Å². The number of amides is 1. The molecule has 1 aromatic heterocycles. The molecule has 0 aliphatic heterocycles. The highest BCUT2D eigenvalue weighted by atomic mass is 19.4. The molecule has 2 aromatic carbocycles. The zero-order valence-electron chi connectivity index (χ0n) is 13.4. The van der Waals surface area contributed by atoms with Crippen LogP contribution in [0.2, 0.25) is 0 Å². The van der Waals surface area contributed by atoms with E-state index in [1.54, 1.807) is 7.05 Å². The second-order valence-corrected chi connectivity index (χ2v) is 5.67. The maximum absolute atomic E-state index is 13.4. The standard InChI is InChI=1S/C18H12F4N2O2/c1-24-9-14(16(25)13-8-11(19)4-7-15(13)24)17(26)23-12-5-2-10(3-6-12)18(20,21)22/h2-9H,1H3,(H,23,26). The van der Waals surface area contributed by atoms with Gasteiger partial charge in [0.25, 0.3) is 5.91 Å². The molecule has 26 heavy (non-hydrogen) atoms. The summed E-state index contributed by atoms with van der Waals surface area (Å²) in [6.45, 7) is 0. The fourth-order valence-electron chi connectivity index (χ4n) is 2.57. The lowest BCUT2D eigenvalue weighted by molar-refractivity contribution is -0.137. The van der Waals surface area contributed by atoms with Gasteiger partial charge in [-0.15, -0.1) is 0 Å². The number of halogens is 4. The first-order chi connectivity index (χ1) is 12.2. The van der Waals surface area contributed by atoms with Gasteiger partial charge in [-0.25, -0.2) is 4.39 Å². The number of hydrogen-bond donors (Lipinski definition) is 1. The highest BCUT2D eigenvalue weighted by molar-refractivity contribution is 6.05. The van der Waals surface area contributed by atoms with Gasteiger partial charge in [-0.2, -0.15) is 13.2 Å². The van der Waals surface area contributed by atoms with Crippen LogP contribution in [-0.4, -0.2) is 10.5 Å². The molecule has 3 rings (SSSR count). The van der Waals surface area contributed by atoms with Crippen LogP contribution in [0.4, 0.5) is 23.2 Å². The van der Waals surface area contributed by atoms with Gasteiger partial charge in [0.05, 0.1) is 11.1 Å². The van der Waals surface area contributed by atoms with Crippen molar-refractivity contribution in [1.82, 2.24) is 4.57 Å². The largest absolute Gasteiger partial charge is 0.416 e. The third kappa shape index (κ3) is 3.30. The van der Waals surface area contributed by atoms with Gasteiger partial charge in [0.15, 0.2) is 0 Å². The fourth-order valence-corrected chi connectivity index (χ4v) is 2.57. The topological polar surface area (TPSA) is 51.1 Å². The first-order valence-corrected chi connectivity index (χ1v) is 7.44. The van der Waals surface area contributed by atoms with Crippen molar-refractivity contribution < 1.29 is 22.4 Å². The summed E-state index contributed by atoms with van der Waals surface area (Å²) in [5.74, 6) is -1.41. The summed E-state index contributed by atoms with van der Waals surface area (Å²) < 4.78 is 52.6. The minimum absolute atomic E-state index is 0.0348. The maximum Gasteiger partial charge on any atom is 0.416 e. The number of fused-ring (bicyclic) bond motifs is 1. The maximum atomic E-state index is 13.4. The van der Waals surface area contributed by atoms with Crippen LogP contribution in [-0.2, 0) is 13.2 Å². The number of nitrogens with one attached hydrogen (secondary N) is 1. The van der Waals surface area contributed by atoms with Crippen molar-refractivity contribution in [2.75, 3.05) is 5.32 Å². The molecule has 0 bridgehead atoms. The van der Waals surface area contributed by atoms with Crippen LogP contribution in [0.3, 0.4) is 0 Å². The molecular weight excluding hydrogens is 352 g/mol. The molecule has 1 amide bonds. The van der Waals surface area contributed by atoms with Gasteiger partial charge >= 0.3 is 6.18 Å². The van der Waals surface area contributed by atoms with E-state index >= 15 is 0 Å². The molecule has 0 unspecified atom stereocenters. The summed E-state index contributed by atoms with van der Waals surface area (Å²) in [5, 5.41) is 2.41. The predicted octanol–water partition coefficient (Wildman–Crippen LogP) is 3.95. The Kier molecular flexibility index (Phi) is 4.27. The monoisotopic (exact) mass is 364 g/mol. The molecule has 1 N–H and O–H groups in total. The number of nitrogens with zero attached hydrogens (tertiary/aromatic N) is 1. The molecule has 0 saturated heterocycles. The second-order valence-electron chi connectivity index (χ2n) is 5.67. The number of pyridine rings is 1. The zero-order valence-corrected chi connectivity index (χ0v) is 13.4. The Morgan fingerprint density at radius 3 is 2.35 bits per heavy atom. The third-order valence-electron chi connectivity index (χ3n) is 3.87. The van der Waals surface area contributed by atoms with Crippen LogP contribution < -0.4 is 10.7 Å². The van der Waals surface area contributed by atoms with E-state index < -0.39 is 28.9 Å². The normalized spacial score (nSPS) is 11.6. The van der Waals surface area contributed by atoms with Crippen LogP contribution >= 0.6 is 0 Å². The van der Waals surface area contributed by atoms with E-state index in [1.807, 2.05) is 0 Å². The quantitative estimate of drug-likeness (QED) is 0.700. The Morgan fingerprint density at radius 2 is 1.73 bits per heavy atom. The molecular formula is C18H12F4N2O2. The fraction of sp³-hybridized carbons (Fsp3) is 0.111.